The second kappa shape index (κ2) is 9.07. The molecule has 3 rings (SSSR count). The van der Waals surface area contributed by atoms with Crippen molar-refractivity contribution >= 4 is 17.2 Å². The number of nitrogens with zero attached hydrogens (tertiary/aromatic N) is 2. The molecular weight excluding hydrogens is 346 g/mol. The zero-order chi connectivity index (χ0) is 20.1. The van der Waals surface area contributed by atoms with Gasteiger partial charge in [-0.2, -0.15) is 0 Å². The van der Waals surface area contributed by atoms with Gasteiger partial charge in [0.25, 0.3) is 5.91 Å². The number of hydrogen-bond acceptors (Lipinski definition) is 3. The molecule has 148 valence electrons. The van der Waals surface area contributed by atoms with E-state index < -0.39 is 0 Å². The van der Waals surface area contributed by atoms with Gasteiger partial charge in [-0.25, -0.2) is 0 Å². The summed E-state index contributed by atoms with van der Waals surface area (Å²) in [5.41, 5.74) is 12.8. The molecule has 1 heterocycles. The number of amides is 1. The largest absolute Gasteiger partial charge is 0.398 e. The maximum atomic E-state index is 12.6. The van der Waals surface area contributed by atoms with Crippen LogP contribution in [0.25, 0.3) is 5.57 Å². The van der Waals surface area contributed by atoms with E-state index in [0.717, 1.165) is 61.4 Å². The number of hydrogen-bond donors (Lipinski definition) is 1. The van der Waals surface area contributed by atoms with Gasteiger partial charge in [0.2, 0.25) is 0 Å². The molecule has 1 aliphatic heterocycles. The summed E-state index contributed by atoms with van der Waals surface area (Å²) >= 11 is 0. The molecule has 0 radical (unpaired) electrons. The molecule has 4 heteroatoms. The summed E-state index contributed by atoms with van der Waals surface area (Å²) in [6, 6.07) is 16.1. The third-order valence-corrected chi connectivity index (χ3v) is 5.65. The lowest BCUT2D eigenvalue weighted by molar-refractivity contribution is 0.0773. The molecule has 1 aliphatic rings. The lowest BCUT2D eigenvalue weighted by Gasteiger charge is -2.27. The highest BCUT2D eigenvalue weighted by Gasteiger charge is 2.19. The molecule has 2 aromatic carbocycles. The summed E-state index contributed by atoms with van der Waals surface area (Å²) in [6.45, 7) is 7.59. The first-order valence-electron chi connectivity index (χ1n) is 10.2. The number of rotatable bonds is 5. The summed E-state index contributed by atoms with van der Waals surface area (Å²) < 4.78 is 0. The Hall–Kier alpha value is -2.59. The van der Waals surface area contributed by atoms with Crippen LogP contribution in [0, 0.1) is 0 Å². The van der Waals surface area contributed by atoms with E-state index in [4.69, 9.17) is 5.73 Å². The molecule has 4 nitrogen and oxygen atoms in total. The fourth-order valence-corrected chi connectivity index (χ4v) is 3.89. The Bertz CT molecular complexity index is 840. The molecule has 1 fully saturated rings. The Balaban J connectivity index is 2.01. The van der Waals surface area contributed by atoms with Gasteiger partial charge in [0.1, 0.15) is 0 Å². The van der Waals surface area contributed by atoms with Crippen LogP contribution in [-0.4, -0.2) is 48.9 Å². The summed E-state index contributed by atoms with van der Waals surface area (Å²) in [7, 11) is 2.17. The number of carbonyl (C=O) groups excluding carboxylic acids is 1. The van der Waals surface area contributed by atoms with E-state index in [1.165, 1.54) is 11.1 Å². The number of nitrogens with two attached hydrogens (primary N) is 1. The standard InChI is InChI=1S/C24H31N3O/c1-4-27(5-2)24(28)20-12-10-18(11-13-20)23(19-14-16-26(3)17-15-19)21-8-6-7-9-22(21)25/h6-13H,4-5,14-17,25H2,1-3H3. The monoisotopic (exact) mass is 377 g/mol. The quantitative estimate of drug-likeness (QED) is 0.791. The molecule has 0 bridgehead atoms. The zero-order valence-electron chi connectivity index (χ0n) is 17.2. The third kappa shape index (κ3) is 4.28. The van der Waals surface area contributed by atoms with Crippen molar-refractivity contribution in [3.05, 3.63) is 70.8 Å². The summed E-state index contributed by atoms with van der Waals surface area (Å²) in [4.78, 5) is 16.8. The maximum absolute atomic E-state index is 12.6. The van der Waals surface area contributed by atoms with Crippen molar-refractivity contribution in [1.82, 2.24) is 9.80 Å². The van der Waals surface area contributed by atoms with Gasteiger partial charge in [0, 0.05) is 43.0 Å². The Kier molecular flexibility index (Phi) is 6.53. The first-order chi connectivity index (χ1) is 13.5. The van der Waals surface area contributed by atoms with Gasteiger partial charge in [-0.05, 0) is 63.1 Å². The van der Waals surface area contributed by atoms with E-state index in [-0.39, 0.29) is 5.91 Å². The SMILES string of the molecule is CCN(CC)C(=O)c1ccc(C(=C2CCN(C)CC2)c2ccccc2N)cc1. The first kappa shape index (κ1) is 20.2. The topological polar surface area (TPSA) is 49.6 Å². The molecule has 1 saturated heterocycles. The van der Waals surface area contributed by atoms with Gasteiger partial charge in [0.15, 0.2) is 0 Å². The third-order valence-electron chi connectivity index (χ3n) is 5.65. The normalized spacial score (nSPS) is 14.8. The smallest absolute Gasteiger partial charge is 0.253 e. The van der Waals surface area contributed by atoms with Crippen LogP contribution in [0.4, 0.5) is 5.69 Å². The van der Waals surface area contributed by atoms with Crippen molar-refractivity contribution in [2.75, 3.05) is 39.0 Å². The number of anilines is 1. The van der Waals surface area contributed by atoms with E-state index in [1.807, 2.05) is 49.1 Å². The highest BCUT2D eigenvalue weighted by atomic mass is 16.2. The van der Waals surface area contributed by atoms with Crippen LogP contribution in [0.3, 0.4) is 0 Å². The second-order valence-corrected chi connectivity index (χ2v) is 7.42. The maximum Gasteiger partial charge on any atom is 0.253 e. The van der Waals surface area contributed by atoms with E-state index in [1.54, 1.807) is 0 Å². The molecule has 0 atom stereocenters. The molecular formula is C24H31N3O. The van der Waals surface area contributed by atoms with Gasteiger partial charge in [-0.1, -0.05) is 35.9 Å². The van der Waals surface area contributed by atoms with E-state index >= 15 is 0 Å². The van der Waals surface area contributed by atoms with Gasteiger partial charge in [-0.3, -0.25) is 4.79 Å². The highest BCUT2D eigenvalue weighted by molar-refractivity contribution is 5.95. The molecule has 0 spiro atoms. The predicted molar refractivity (Wildman–Crippen MR) is 117 cm³/mol. The van der Waals surface area contributed by atoms with E-state index in [9.17, 15) is 4.79 Å². The average Bonchev–Trinajstić information content (AvgIpc) is 2.72. The molecule has 2 aromatic rings. The van der Waals surface area contributed by atoms with E-state index in [0.29, 0.717) is 0 Å². The highest BCUT2D eigenvalue weighted by Crippen LogP contribution is 2.35. The number of nitrogen functional groups attached to an aromatic ring is 1. The van der Waals surface area contributed by atoms with Crippen molar-refractivity contribution in [3.8, 4) is 0 Å². The summed E-state index contributed by atoms with van der Waals surface area (Å²) in [5, 5.41) is 0. The fraction of sp³-hybridized carbons (Fsp3) is 0.375. The van der Waals surface area contributed by atoms with Gasteiger partial charge >= 0.3 is 0 Å². The minimum Gasteiger partial charge on any atom is -0.398 e. The molecule has 0 saturated carbocycles. The van der Waals surface area contributed by atoms with Crippen LogP contribution in [0.2, 0.25) is 0 Å². The van der Waals surface area contributed by atoms with Gasteiger partial charge in [-0.15, -0.1) is 0 Å². The molecule has 0 unspecified atom stereocenters. The minimum absolute atomic E-state index is 0.0873. The fourth-order valence-electron chi connectivity index (χ4n) is 3.89. The molecule has 2 N–H and O–H groups in total. The van der Waals surface area contributed by atoms with Gasteiger partial charge in [0.05, 0.1) is 0 Å². The minimum atomic E-state index is 0.0873. The average molecular weight is 378 g/mol. The van der Waals surface area contributed by atoms with Crippen molar-refractivity contribution in [3.63, 3.8) is 0 Å². The molecule has 28 heavy (non-hydrogen) atoms. The van der Waals surface area contributed by atoms with Crippen LogP contribution in [-0.2, 0) is 0 Å². The van der Waals surface area contributed by atoms with Crippen LogP contribution >= 0.6 is 0 Å². The molecule has 0 aliphatic carbocycles. The Morgan fingerprint density at radius 2 is 1.54 bits per heavy atom. The van der Waals surface area contributed by atoms with Crippen LogP contribution < -0.4 is 5.73 Å². The Labute approximate surface area is 168 Å². The number of carbonyl (C=O) groups is 1. The number of para-hydroxylation sites is 1. The number of benzene rings is 2. The van der Waals surface area contributed by atoms with Crippen LogP contribution in [0.15, 0.2) is 54.1 Å². The summed E-state index contributed by atoms with van der Waals surface area (Å²) in [5.74, 6) is 0.0873. The Morgan fingerprint density at radius 1 is 0.964 bits per heavy atom. The molecule has 0 aromatic heterocycles. The van der Waals surface area contributed by atoms with Crippen molar-refractivity contribution in [1.29, 1.82) is 0 Å². The lowest BCUT2D eigenvalue weighted by atomic mass is 9.87. The first-order valence-corrected chi connectivity index (χ1v) is 10.2. The lowest BCUT2D eigenvalue weighted by Crippen LogP contribution is -2.30. The number of likely N-dealkylation sites (tertiary alicyclic amines) is 1. The van der Waals surface area contributed by atoms with E-state index in [2.05, 4.69) is 30.1 Å². The Morgan fingerprint density at radius 3 is 2.11 bits per heavy atom. The predicted octanol–water partition coefficient (Wildman–Crippen LogP) is 4.28. The van der Waals surface area contributed by atoms with Crippen LogP contribution in [0.1, 0.15) is 48.2 Å². The summed E-state index contributed by atoms with van der Waals surface area (Å²) in [6.07, 6.45) is 2.08. The van der Waals surface area contributed by atoms with Crippen molar-refractivity contribution in [2.45, 2.75) is 26.7 Å². The zero-order valence-corrected chi connectivity index (χ0v) is 17.2. The second-order valence-electron chi connectivity index (χ2n) is 7.42. The van der Waals surface area contributed by atoms with Gasteiger partial charge < -0.3 is 15.5 Å². The van der Waals surface area contributed by atoms with Crippen molar-refractivity contribution in [2.24, 2.45) is 0 Å². The van der Waals surface area contributed by atoms with Crippen LogP contribution in [0.5, 0.6) is 0 Å². The number of piperidine rings is 1. The molecule has 1 amide bonds. The van der Waals surface area contributed by atoms with Crippen molar-refractivity contribution < 1.29 is 4.79 Å².